The van der Waals surface area contributed by atoms with Crippen molar-refractivity contribution in [3.05, 3.63) is 53.6 Å². The Hall–Kier alpha value is -1.51. The summed E-state index contributed by atoms with van der Waals surface area (Å²) in [5.74, 6) is 0.706. The van der Waals surface area contributed by atoms with Gasteiger partial charge in [0.15, 0.2) is 0 Å². The molecular formula is C18H21ClO2. The lowest BCUT2D eigenvalue weighted by Gasteiger charge is -2.27. The van der Waals surface area contributed by atoms with Crippen LogP contribution in [0.2, 0.25) is 5.02 Å². The van der Waals surface area contributed by atoms with Crippen molar-refractivity contribution in [1.29, 1.82) is 0 Å². The van der Waals surface area contributed by atoms with Gasteiger partial charge in [0.25, 0.3) is 0 Å². The van der Waals surface area contributed by atoms with Crippen molar-refractivity contribution in [2.75, 3.05) is 6.61 Å². The van der Waals surface area contributed by atoms with Crippen LogP contribution in [0.25, 0.3) is 11.1 Å². The summed E-state index contributed by atoms with van der Waals surface area (Å²) in [6.07, 6.45) is 0. The first-order valence-electron chi connectivity index (χ1n) is 7.10. The second-order valence-corrected chi connectivity index (χ2v) is 6.22. The summed E-state index contributed by atoms with van der Waals surface area (Å²) in [5, 5.41) is 10.8. The van der Waals surface area contributed by atoms with E-state index in [1.54, 1.807) is 6.92 Å². The summed E-state index contributed by atoms with van der Waals surface area (Å²) in [6, 6.07) is 15.8. The lowest BCUT2D eigenvalue weighted by Crippen LogP contribution is -2.37. The summed E-state index contributed by atoms with van der Waals surface area (Å²) in [5.41, 5.74) is 1.28. The molecule has 0 aliphatic heterocycles. The Kier molecular flexibility index (Phi) is 4.92. The maximum absolute atomic E-state index is 10.2. The Bertz CT molecular complexity index is 591. The Morgan fingerprint density at radius 2 is 1.76 bits per heavy atom. The van der Waals surface area contributed by atoms with E-state index in [0.717, 1.165) is 11.1 Å². The van der Waals surface area contributed by atoms with E-state index in [1.165, 1.54) is 0 Å². The highest BCUT2D eigenvalue weighted by Gasteiger charge is 2.26. The first-order chi connectivity index (χ1) is 9.90. The molecule has 0 saturated heterocycles. The van der Waals surface area contributed by atoms with Crippen molar-refractivity contribution in [2.24, 2.45) is 5.92 Å². The van der Waals surface area contributed by atoms with Crippen LogP contribution in [-0.4, -0.2) is 17.3 Å². The molecule has 2 aromatic rings. The third-order valence-electron chi connectivity index (χ3n) is 3.80. The van der Waals surface area contributed by atoms with Gasteiger partial charge in [-0.2, -0.15) is 0 Å². The summed E-state index contributed by atoms with van der Waals surface area (Å²) in [6.45, 7) is 5.91. The van der Waals surface area contributed by atoms with Crippen LogP contribution in [-0.2, 0) is 0 Å². The van der Waals surface area contributed by atoms with Crippen LogP contribution in [0.4, 0.5) is 0 Å². The van der Waals surface area contributed by atoms with E-state index in [9.17, 15) is 5.11 Å². The number of benzene rings is 2. The molecule has 2 rings (SSSR count). The molecule has 0 saturated carbocycles. The van der Waals surface area contributed by atoms with Gasteiger partial charge in [0.05, 0.1) is 10.6 Å². The van der Waals surface area contributed by atoms with Gasteiger partial charge in [0.1, 0.15) is 12.4 Å². The molecule has 0 aliphatic carbocycles. The van der Waals surface area contributed by atoms with E-state index in [2.05, 4.69) is 0 Å². The smallest absolute Gasteiger partial charge is 0.138 e. The monoisotopic (exact) mass is 304 g/mol. The number of aliphatic hydroxyl groups is 1. The summed E-state index contributed by atoms with van der Waals surface area (Å²) >= 11 is 6.28. The number of hydrogen-bond acceptors (Lipinski definition) is 2. The van der Waals surface area contributed by atoms with E-state index >= 15 is 0 Å². The summed E-state index contributed by atoms with van der Waals surface area (Å²) in [7, 11) is 0. The topological polar surface area (TPSA) is 29.5 Å². The Labute approximate surface area is 131 Å². The molecule has 2 nitrogen and oxygen atoms in total. The first-order valence-corrected chi connectivity index (χ1v) is 7.48. The molecule has 112 valence electrons. The summed E-state index contributed by atoms with van der Waals surface area (Å²) in [4.78, 5) is 0. The largest absolute Gasteiger partial charge is 0.489 e. The lowest BCUT2D eigenvalue weighted by atomic mass is 9.94. The molecule has 21 heavy (non-hydrogen) atoms. The van der Waals surface area contributed by atoms with Crippen LogP contribution in [0, 0.1) is 5.92 Å². The highest BCUT2D eigenvalue weighted by Crippen LogP contribution is 2.31. The molecule has 0 spiro atoms. The normalized spacial score (nSPS) is 14.0. The minimum atomic E-state index is -0.874. The van der Waals surface area contributed by atoms with Gasteiger partial charge in [-0.25, -0.2) is 0 Å². The highest BCUT2D eigenvalue weighted by atomic mass is 35.5. The van der Waals surface area contributed by atoms with Crippen LogP contribution in [0.3, 0.4) is 0 Å². The van der Waals surface area contributed by atoms with E-state index in [4.69, 9.17) is 16.3 Å². The van der Waals surface area contributed by atoms with Gasteiger partial charge >= 0.3 is 0 Å². The minimum absolute atomic E-state index is 0.111. The second-order valence-electron chi connectivity index (χ2n) is 5.81. The van der Waals surface area contributed by atoms with Gasteiger partial charge in [0, 0.05) is 0 Å². The number of rotatable bonds is 5. The van der Waals surface area contributed by atoms with Crippen LogP contribution in [0.1, 0.15) is 20.8 Å². The molecule has 0 heterocycles. The highest BCUT2D eigenvalue weighted by molar-refractivity contribution is 6.32. The van der Waals surface area contributed by atoms with E-state index < -0.39 is 5.60 Å². The third kappa shape index (κ3) is 3.99. The summed E-state index contributed by atoms with van der Waals surface area (Å²) < 4.78 is 5.67. The lowest BCUT2D eigenvalue weighted by molar-refractivity contribution is -0.0266. The molecular weight excluding hydrogens is 284 g/mol. The Morgan fingerprint density at radius 3 is 2.33 bits per heavy atom. The maximum Gasteiger partial charge on any atom is 0.138 e. The van der Waals surface area contributed by atoms with Gasteiger partial charge in [0.2, 0.25) is 0 Å². The van der Waals surface area contributed by atoms with Crippen molar-refractivity contribution in [2.45, 2.75) is 26.4 Å². The van der Waals surface area contributed by atoms with Crippen LogP contribution in [0.15, 0.2) is 48.5 Å². The molecule has 0 radical (unpaired) electrons. The van der Waals surface area contributed by atoms with Crippen LogP contribution in [0.5, 0.6) is 5.75 Å². The average Bonchev–Trinajstić information content (AvgIpc) is 2.46. The third-order valence-corrected chi connectivity index (χ3v) is 4.10. The van der Waals surface area contributed by atoms with Gasteiger partial charge in [-0.1, -0.05) is 61.8 Å². The number of ether oxygens (including phenoxy) is 1. The van der Waals surface area contributed by atoms with Crippen molar-refractivity contribution in [3.63, 3.8) is 0 Å². The quantitative estimate of drug-likeness (QED) is 0.860. The standard InChI is InChI=1S/C18H21ClO2/c1-13(2)18(3,20)12-21-17-10-9-15(11-16(17)19)14-7-5-4-6-8-14/h4-11,13,20H,12H2,1-3H3. The molecule has 0 fully saturated rings. The number of hydrogen-bond donors (Lipinski definition) is 1. The van der Waals surface area contributed by atoms with Crippen LogP contribution < -0.4 is 4.74 Å². The van der Waals surface area contributed by atoms with E-state index in [-0.39, 0.29) is 12.5 Å². The van der Waals surface area contributed by atoms with E-state index in [1.807, 2.05) is 62.4 Å². The fourth-order valence-electron chi connectivity index (χ4n) is 1.82. The molecule has 0 aromatic heterocycles. The predicted octanol–water partition coefficient (Wildman–Crippen LogP) is 4.79. The van der Waals surface area contributed by atoms with Gasteiger partial charge in [-0.3, -0.25) is 0 Å². The fraction of sp³-hybridized carbons (Fsp3) is 0.333. The van der Waals surface area contributed by atoms with Gasteiger partial charge in [-0.15, -0.1) is 0 Å². The zero-order chi connectivity index (χ0) is 15.5. The molecule has 1 atom stereocenters. The SMILES string of the molecule is CC(C)C(C)(O)COc1ccc(-c2ccccc2)cc1Cl. The molecule has 1 N–H and O–H groups in total. The Balaban J connectivity index is 2.14. The number of halogens is 1. The molecule has 0 amide bonds. The fourth-order valence-corrected chi connectivity index (χ4v) is 2.05. The molecule has 0 bridgehead atoms. The van der Waals surface area contributed by atoms with Crippen molar-refractivity contribution >= 4 is 11.6 Å². The van der Waals surface area contributed by atoms with E-state index in [0.29, 0.717) is 10.8 Å². The average molecular weight is 305 g/mol. The zero-order valence-electron chi connectivity index (χ0n) is 12.6. The van der Waals surface area contributed by atoms with Gasteiger partial charge in [-0.05, 0) is 36.1 Å². The van der Waals surface area contributed by atoms with Crippen LogP contribution >= 0.6 is 11.6 Å². The first kappa shape index (κ1) is 15.9. The van der Waals surface area contributed by atoms with Crippen molar-refractivity contribution in [1.82, 2.24) is 0 Å². The molecule has 1 unspecified atom stereocenters. The molecule has 3 heteroatoms. The molecule has 2 aromatic carbocycles. The van der Waals surface area contributed by atoms with Crippen molar-refractivity contribution in [3.8, 4) is 16.9 Å². The Morgan fingerprint density at radius 1 is 1.10 bits per heavy atom. The maximum atomic E-state index is 10.2. The van der Waals surface area contributed by atoms with Crippen molar-refractivity contribution < 1.29 is 9.84 Å². The van der Waals surface area contributed by atoms with Gasteiger partial charge < -0.3 is 9.84 Å². The minimum Gasteiger partial charge on any atom is -0.489 e. The molecule has 0 aliphatic rings. The zero-order valence-corrected chi connectivity index (χ0v) is 13.4. The predicted molar refractivity (Wildman–Crippen MR) is 87.8 cm³/mol. The second kappa shape index (κ2) is 6.50.